The second-order valence-corrected chi connectivity index (χ2v) is 6.70. The van der Waals surface area contributed by atoms with Crippen molar-refractivity contribution in [3.8, 4) is 0 Å². The van der Waals surface area contributed by atoms with E-state index in [1.165, 1.54) is 0 Å². The predicted molar refractivity (Wildman–Crippen MR) is 98.8 cm³/mol. The number of carbonyl (C=O) groups excluding carboxylic acids is 1. The number of aliphatic hydroxyl groups is 1. The van der Waals surface area contributed by atoms with Gasteiger partial charge in [0.2, 0.25) is 0 Å². The molecular formula is C19H27N3O3. The summed E-state index contributed by atoms with van der Waals surface area (Å²) in [4.78, 5) is 14.0. The summed E-state index contributed by atoms with van der Waals surface area (Å²) in [6.45, 7) is 5.80. The van der Waals surface area contributed by atoms with Crippen molar-refractivity contribution in [1.29, 1.82) is 0 Å². The Morgan fingerprint density at radius 2 is 1.96 bits per heavy atom. The fourth-order valence-electron chi connectivity index (χ4n) is 2.70. The molecule has 0 saturated heterocycles. The van der Waals surface area contributed by atoms with Gasteiger partial charge in [-0.25, -0.2) is 4.79 Å². The van der Waals surface area contributed by atoms with Crippen LogP contribution in [0, 0.1) is 13.8 Å². The van der Waals surface area contributed by atoms with E-state index in [0.29, 0.717) is 17.9 Å². The van der Waals surface area contributed by atoms with E-state index in [-0.39, 0.29) is 12.6 Å². The zero-order chi connectivity index (χ0) is 18.6. The summed E-state index contributed by atoms with van der Waals surface area (Å²) in [5, 5.41) is 16.1. The number of carbonyl (C=O) groups is 1. The van der Waals surface area contributed by atoms with E-state index in [0.717, 1.165) is 17.0 Å². The smallest absolute Gasteiger partial charge is 0.315 e. The zero-order valence-electron chi connectivity index (χ0n) is 15.5. The molecule has 6 nitrogen and oxygen atoms in total. The molecule has 1 aromatic heterocycles. The highest BCUT2D eigenvalue weighted by molar-refractivity contribution is 5.74. The van der Waals surface area contributed by atoms with Gasteiger partial charge in [0.25, 0.3) is 0 Å². The van der Waals surface area contributed by atoms with Crippen molar-refractivity contribution in [2.24, 2.45) is 0 Å². The van der Waals surface area contributed by atoms with Crippen LogP contribution in [0.5, 0.6) is 0 Å². The van der Waals surface area contributed by atoms with Crippen molar-refractivity contribution in [2.75, 3.05) is 25.5 Å². The molecule has 0 aliphatic rings. The number of aryl methyl sites for hydroxylation is 2. The van der Waals surface area contributed by atoms with Crippen LogP contribution in [0.2, 0.25) is 0 Å². The number of rotatable bonds is 6. The van der Waals surface area contributed by atoms with E-state index >= 15 is 0 Å². The first-order valence-corrected chi connectivity index (χ1v) is 8.27. The number of nitrogens with zero attached hydrogens (tertiary/aromatic N) is 1. The monoisotopic (exact) mass is 345 g/mol. The van der Waals surface area contributed by atoms with Crippen LogP contribution >= 0.6 is 0 Å². The molecule has 136 valence electrons. The molecule has 0 unspecified atom stereocenters. The first kappa shape index (κ1) is 18.9. The average Bonchev–Trinajstić information content (AvgIpc) is 2.90. The van der Waals surface area contributed by atoms with E-state index in [9.17, 15) is 9.90 Å². The molecule has 2 aromatic rings. The van der Waals surface area contributed by atoms with Gasteiger partial charge in [0.1, 0.15) is 17.1 Å². The van der Waals surface area contributed by atoms with Crippen molar-refractivity contribution in [2.45, 2.75) is 32.9 Å². The fourth-order valence-corrected chi connectivity index (χ4v) is 2.70. The number of hydrogen-bond acceptors (Lipinski definition) is 4. The number of hydrogen-bond donors (Lipinski definition) is 3. The van der Waals surface area contributed by atoms with Gasteiger partial charge in [0.05, 0.1) is 6.54 Å². The van der Waals surface area contributed by atoms with Crippen molar-refractivity contribution >= 4 is 11.7 Å². The molecule has 2 rings (SSSR count). The molecule has 0 aliphatic heterocycles. The molecular weight excluding hydrogens is 318 g/mol. The fraction of sp³-hybridized carbons (Fsp3) is 0.421. The molecule has 0 aliphatic carbocycles. The number of furan rings is 1. The molecule has 1 atom stereocenters. The van der Waals surface area contributed by atoms with Gasteiger partial charge in [-0.1, -0.05) is 12.1 Å². The standard InChI is InChI=1S/C19H27N3O3/c1-13-9-17(14(2)25-13)19(3,24)12-21-18(23)20-11-15-7-6-8-16(10-15)22(4)5/h6-10,24H,11-12H2,1-5H3,(H2,20,21,23)/t19-/m0/s1. The maximum Gasteiger partial charge on any atom is 0.315 e. The topological polar surface area (TPSA) is 77.7 Å². The van der Waals surface area contributed by atoms with E-state index in [4.69, 9.17) is 4.42 Å². The highest BCUT2D eigenvalue weighted by Gasteiger charge is 2.28. The summed E-state index contributed by atoms with van der Waals surface area (Å²) < 4.78 is 5.45. The van der Waals surface area contributed by atoms with Gasteiger partial charge in [-0.3, -0.25) is 0 Å². The molecule has 2 amide bonds. The lowest BCUT2D eigenvalue weighted by molar-refractivity contribution is 0.0579. The third kappa shape index (κ3) is 5.00. The highest BCUT2D eigenvalue weighted by Crippen LogP contribution is 2.26. The summed E-state index contributed by atoms with van der Waals surface area (Å²) in [7, 11) is 3.95. The van der Waals surface area contributed by atoms with Crippen molar-refractivity contribution in [3.63, 3.8) is 0 Å². The first-order chi connectivity index (χ1) is 11.7. The molecule has 0 fully saturated rings. The van der Waals surface area contributed by atoms with Gasteiger partial charge in [-0.2, -0.15) is 0 Å². The Hall–Kier alpha value is -2.47. The first-order valence-electron chi connectivity index (χ1n) is 8.27. The molecule has 6 heteroatoms. The predicted octanol–water partition coefficient (Wildman–Crippen LogP) is 2.67. The number of anilines is 1. The molecule has 0 spiro atoms. The number of benzene rings is 1. The quantitative estimate of drug-likeness (QED) is 0.752. The van der Waals surface area contributed by atoms with Gasteiger partial charge >= 0.3 is 6.03 Å². The van der Waals surface area contributed by atoms with Crippen LogP contribution in [0.3, 0.4) is 0 Å². The minimum atomic E-state index is -1.19. The van der Waals surface area contributed by atoms with E-state index in [2.05, 4.69) is 10.6 Å². The molecule has 0 bridgehead atoms. The van der Waals surface area contributed by atoms with E-state index < -0.39 is 5.60 Å². The van der Waals surface area contributed by atoms with Gasteiger partial charge in [0.15, 0.2) is 0 Å². The minimum absolute atomic E-state index is 0.0936. The number of urea groups is 1. The summed E-state index contributed by atoms with van der Waals surface area (Å²) in [5.41, 5.74) is 1.58. The third-order valence-electron chi connectivity index (χ3n) is 4.09. The SMILES string of the molecule is Cc1cc([C@@](C)(O)CNC(=O)NCc2cccc(N(C)C)c2)c(C)o1. The van der Waals surface area contributed by atoms with Crippen LogP contribution in [0.15, 0.2) is 34.7 Å². The van der Waals surface area contributed by atoms with Gasteiger partial charge in [-0.05, 0) is 44.5 Å². The Balaban J connectivity index is 1.88. The second kappa shape index (κ2) is 7.61. The summed E-state index contributed by atoms with van der Waals surface area (Å²) in [6, 6.07) is 9.42. The molecule has 3 N–H and O–H groups in total. The Labute approximate surface area is 148 Å². The van der Waals surface area contributed by atoms with Gasteiger partial charge in [0, 0.05) is 31.9 Å². The molecule has 1 aromatic carbocycles. The lowest BCUT2D eigenvalue weighted by Gasteiger charge is -2.23. The van der Waals surface area contributed by atoms with E-state index in [1.807, 2.05) is 50.2 Å². The van der Waals surface area contributed by atoms with Crippen molar-refractivity contribution < 1.29 is 14.3 Å². The van der Waals surface area contributed by atoms with Gasteiger partial charge < -0.3 is 25.1 Å². The summed E-state index contributed by atoms with van der Waals surface area (Å²) >= 11 is 0. The van der Waals surface area contributed by atoms with Crippen molar-refractivity contribution in [1.82, 2.24) is 10.6 Å². The second-order valence-electron chi connectivity index (χ2n) is 6.70. The van der Waals surface area contributed by atoms with Crippen LogP contribution in [0.4, 0.5) is 10.5 Å². The highest BCUT2D eigenvalue weighted by atomic mass is 16.3. The Morgan fingerprint density at radius 1 is 1.24 bits per heavy atom. The average molecular weight is 345 g/mol. The molecule has 25 heavy (non-hydrogen) atoms. The van der Waals surface area contributed by atoms with Crippen LogP contribution in [-0.4, -0.2) is 31.8 Å². The maximum absolute atomic E-state index is 12.0. The lowest BCUT2D eigenvalue weighted by atomic mass is 9.96. The minimum Gasteiger partial charge on any atom is -0.466 e. The molecule has 0 radical (unpaired) electrons. The summed E-state index contributed by atoms with van der Waals surface area (Å²) in [6.07, 6.45) is 0. The summed E-state index contributed by atoms with van der Waals surface area (Å²) in [5.74, 6) is 1.39. The molecule has 0 saturated carbocycles. The maximum atomic E-state index is 12.0. The lowest BCUT2D eigenvalue weighted by Crippen LogP contribution is -2.43. The van der Waals surface area contributed by atoms with Crippen molar-refractivity contribution in [3.05, 3.63) is 53.0 Å². The molecule has 1 heterocycles. The van der Waals surface area contributed by atoms with Gasteiger partial charge in [-0.15, -0.1) is 0 Å². The Kier molecular flexibility index (Phi) is 5.74. The normalized spacial score (nSPS) is 13.2. The third-order valence-corrected chi connectivity index (χ3v) is 4.09. The number of nitrogens with one attached hydrogen (secondary N) is 2. The van der Waals surface area contributed by atoms with E-state index in [1.54, 1.807) is 19.9 Å². The number of amides is 2. The van der Waals surface area contributed by atoms with Crippen LogP contribution < -0.4 is 15.5 Å². The zero-order valence-corrected chi connectivity index (χ0v) is 15.5. The Bertz CT molecular complexity index is 735. The Morgan fingerprint density at radius 3 is 2.56 bits per heavy atom. The largest absolute Gasteiger partial charge is 0.466 e. The van der Waals surface area contributed by atoms with Crippen LogP contribution in [-0.2, 0) is 12.1 Å². The van der Waals surface area contributed by atoms with Crippen LogP contribution in [0.25, 0.3) is 0 Å². The van der Waals surface area contributed by atoms with Crippen LogP contribution in [0.1, 0.15) is 29.6 Å².